The first-order chi connectivity index (χ1) is 12.9. The highest BCUT2D eigenvalue weighted by atomic mass is 32.2. The second-order valence-electron chi connectivity index (χ2n) is 7.10. The van der Waals surface area contributed by atoms with E-state index in [-0.39, 0.29) is 0 Å². The summed E-state index contributed by atoms with van der Waals surface area (Å²) in [5.74, 6) is 1.75. The largest absolute Gasteiger partial charge is 0.497 e. The molecule has 27 heavy (non-hydrogen) atoms. The van der Waals surface area contributed by atoms with Crippen LogP contribution in [-0.4, -0.2) is 39.8 Å². The third kappa shape index (κ3) is 3.87. The molecule has 0 bridgehead atoms. The van der Waals surface area contributed by atoms with Crippen molar-refractivity contribution in [3.8, 4) is 5.75 Å². The summed E-state index contributed by atoms with van der Waals surface area (Å²) >= 11 is 0. The molecule has 1 aliphatic rings. The van der Waals surface area contributed by atoms with E-state index in [1.165, 1.54) is 11.8 Å². The summed E-state index contributed by atoms with van der Waals surface area (Å²) in [7, 11) is -1.51. The van der Waals surface area contributed by atoms with Crippen LogP contribution in [0.3, 0.4) is 0 Å². The molecular weight excluding hydrogens is 362 g/mol. The van der Waals surface area contributed by atoms with Gasteiger partial charge in [0, 0.05) is 24.7 Å². The Balaban J connectivity index is 1.50. The Morgan fingerprint density at radius 2 is 1.81 bits per heavy atom. The van der Waals surface area contributed by atoms with Gasteiger partial charge in [-0.3, -0.25) is 4.90 Å². The van der Waals surface area contributed by atoms with Crippen molar-refractivity contribution < 1.29 is 17.6 Å². The zero-order valence-corrected chi connectivity index (χ0v) is 16.4. The van der Waals surface area contributed by atoms with Gasteiger partial charge >= 0.3 is 0 Å². The number of rotatable bonds is 4. The number of nitrogens with zero attached hydrogens (tertiary/aromatic N) is 1. The molecule has 6 heteroatoms. The molecular formula is C21H23NO4S. The number of methoxy groups -OCH3 is 1. The van der Waals surface area contributed by atoms with Gasteiger partial charge in [-0.15, -0.1) is 0 Å². The van der Waals surface area contributed by atoms with Crippen molar-refractivity contribution in [2.45, 2.75) is 24.3 Å². The van der Waals surface area contributed by atoms with Crippen molar-refractivity contribution >= 4 is 20.8 Å². The van der Waals surface area contributed by atoms with Crippen LogP contribution in [0.25, 0.3) is 11.0 Å². The lowest BCUT2D eigenvalue weighted by molar-refractivity contribution is 0.258. The second kappa shape index (κ2) is 7.02. The molecule has 0 unspecified atom stereocenters. The highest BCUT2D eigenvalue weighted by molar-refractivity contribution is 7.90. The molecule has 142 valence electrons. The highest BCUT2D eigenvalue weighted by Crippen LogP contribution is 2.26. The number of benzene rings is 2. The van der Waals surface area contributed by atoms with Crippen molar-refractivity contribution in [3.63, 3.8) is 0 Å². The third-order valence-corrected chi connectivity index (χ3v) is 6.26. The molecule has 0 saturated heterocycles. The van der Waals surface area contributed by atoms with Gasteiger partial charge in [0.2, 0.25) is 0 Å². The topological polar surface area (TPSA) is 59.8 Å². The monoisotopic (exact) mass is 385 g/mol. The van der Waals surface area contributed by atoms with E-state index in [9.17, 15) is 8.42 Å². The standard InChI is InChI=1S/C21H23NO4S/c1-25-18-4-6-21-17(11-18)12-19(26-21)14-22-9-7-15-3-5-20(27(2,23)24)13-16(15)8-10-22/h3-6,11-13H,7-10,14H2,1-2H3. The fourth-order valence-corrected chi connectivity index (χ4v) is 4.31. The lowest BCUT2D eigenvalue weighted by atomic mass is 10.0. The van der Waals surface area contributed by atoms with E-state index in [1.54, 1.807) is 13.2 Å². The summed E-state index contributed by atoms with van der Waals surface area (Å²) in [5, 5.41) is 1.04. The van der Waals surface area contributed by atoms with Crippen molar-refractivity contribution in [2.24, 2.45) is 0 Å². The number of fused-ring (bicyclic) bond motifs is 2. The molecule has 0 saturated carbocycles. The molecule has 0 N–H and O–H groups in total. The third-order valence-electron chi connectivity index (χ3n) is 5.15. The van der Waals surface area contributed by atoms with Gasteiger partial charge in [0.1, 0.15) is 17.1 Å². The number of hydrogen-bond acceptors (Lipinski definition) is 5. The smallest absolute Gasteiger partial charge is 0.175 e. The van der Waals surface area contributed by atoms with Gasteiger partial charge in [-0.25, -0.2) is 8.42 Å². The first-order valence-electron chi connectivity index (χ1n) is 9.03. The van der Waals surface area contributed by atoms with E-state index in [0.717, 1.165) is 60.5 Å². The van der Waals surface area contributed by atoms with Gasteiger partial charge in [0.15, 0.2) is 9.84 Å². The van der Waals surface area contributed by atoms with Crippen LogP contribution in [0.15, 0.2) is 51.8 Å². The van der Waals surface area contributed by atoms with Crippen LogP contribution in [0.2, 0.25) is 0 Å². The molecule has 0 aliphatic carbocycles. The normalized spacial score (nSPS) is 15.5. The molecule has 0 spiro atoms. The van der Waals surface area contributed by atoms with Crippen LogP contribution in [-0.2, 0) is 29.2 Å². The number of sulfone groups is 1. The van der Waals surface area contributed by atoms with E-state index in [4.69, 9.17) is 9.15 Å². The quantitative estimate of drug-likeness (QED) is 0.688. The van der Waals surface area contributed by atoms with E-state index >= 15 is 0 Å². The lowest BCUT2D eigenvalue weighted by Gasteiger charge is -2.17. The van der Waals surface area contributed by atoms with Crippen LogP contribution < -0.4 is 4.74 Å². The Hall–Kier alpha value is -2.31. The molecule has 5 nitrogen and oxygen atoms in total. The molecule has 1 aliphatic heterocycles. The fraction of sp³-hybridized carbons (Fsp3) is 0.333. The number of hydrogen-bond donors (Lipinski definition) is 0. The minimum atomic E-state index is -3.17. The number of ether oxygens (including phenoxy) is 1. The van der Waals surface area contributed by atoms with Gasteiger partial charge in [-0.05, 0) is 60.4 Å². The molecule has 0 radical (unpaired) electrons. The van der Waals surface area contributed by atoms with Crippen molar-refractivity contribution in [1.82, 2.24) is 4.90 Å². The second-order valence-corrected chi connectivity index (χ2v) is 9.11. The van der Waals surface area contributed by atoms with Crippen LogP contribution in [0.1, 0.15) is 16.9 Å². The zero-order chi connectivity index (χ0) is 19.0. The van der Waals surface area contributed by atoms with Gasteiger partial charge in [0.05, 0.1) is 18.6 Å². The van der Waals surface area contributed by atoms with Crippen molar-refractivity contribution in [1.29, 1.82) is 0 Å². The predicted octanol–water partition coefficient (Wildman–Crippen LogP) is 3.45. The average Bonchev–Trinajstić information content (AvgIpc) is 2.93. The Bertz CT molecular complexity index is 1080. The molecule has 2 heterocycles. The minimum absolute atomic E-state index is 0.404. The maximum absolute atomic E-state index is 11.8. The van der Waals surface area contributed by atoms with Gasteiger partial charge in [0.25, 0.3) is 0 Å². The fourth-order valence-electron chi connectivity index (χ4n) is 3.64. The minimum Gasteiger partial charge on any atom is -0.497 e. The summed E-state index contributed by atoms with van der Waals surface area (Å²) in [5.41, 5.74) is 3.23. The van der Waals surface area contributed by atoms with Gasteiger partial charge < -0.3 is 9.15 Å². The summed E-state index contributed by atoms with van der Waals surface area (Å²) < 4.78 is 34.9. The lowest BCUT2D eigenvalue weighted by Crippen LogP contribution is -2.25. The maximum Gasteiger partial charge on any atom is 0.175 e. The summed E-state index contributed by atoms with van der Waals surface area (Å²) in [6, 6.07) is 13.4. The molecule has 0 fully saturated rings. The van der Waals surface area contributed by atoms with Gasteiger partial charge in [-0.2, -0.15) is 0 Å². The molecule has 2 aromatic carbocycles. The summed E-state index contributed by atoms with van der Waals surface area (Å²) in [6.07, 6.45) is 3.01. The Morgan fingerprint density at radius 1 is 1.04 bits per heavy atom. The van der Waals surface area contributed by atoms with E-state index < -0.39 is 9.84 Å². The summed E-state index contributed by atoms with van der Waals surface area (Å²) in [4.78, 5) is 2.76. The first kappa shape index (κ1) is 18.1. The Kier molecular flexibility index (Phi) is 4.70. The van der Waals surface area contributed by atoms with Crippen molar-refractivity contribution in [3.05, 3.63) is 59.4 Å². The SMILES string of the molecule is COc1ccc2oc(CN3CCc4ccc(S(C)(=O)=O)cc4CC3)cc2c1. The molecule has 3 aromatic rings. The van der Waals surface area contributed by atoms with Crippen LogP contribution in [0.5, 0.6) is 5.75 Å². The molecule has 4 rings (SSSR count). The van der Waals surface area contributed by atoms with Crippen LogP contribution >= 0.6 is 0 Å². The van der Waals surface area contributed by atoms with Crippen LogP contribution in [0, 0.1) is 0 Å². The Labute approximate surface area is 159 Å². The van der Waals surface area contributed by atoms with E-state index in [1.807, 2.05) is 30.3 Å². The molecule has 0 amide bonds. The van der Waals surface area contributed by atoms with E-state index in [0.29, 0.717) is 4.90 Å². The highest BCUT2D eigenvalue weighted by Gasteiger charge is 2.18. The Morgan fingerprint density at radius 3 is 2.56 bits per heavy atom. The predicted molar refractivity (Wildman–Crippen MR) is 105 cm³/mol. The average molecular weight is 385 g/mol. The van der Waals surface area contributed by atoms with Gasteiger partial charge in [-0.1, -0.05) is 6.07 Å². The maximum atomic E-state index is 11.8. The van der Waals surface area contributed by atoms with Crippen molar-refractivity contribution in [2.75, 3.05) is 26.5 Å². The molecule has 1 aromatic heterocycles. The number of furan rings is 1. The zero-order valence-electron chi connectivity index (χ0n) is 15.6. The van der Waals surface area contributed by atoms with E-state index in [2.05, 4.69) is 11.0 Å². The summed E-state index contributed by atoms with van der Waals surface area (Å²) in [6.45, 7) is 2.54. The first-order valence-corrected chi connectivity index (χ1v) is 10.9. The van der Waals surface area contributed by atoms with Crippen LogP contribution in [0.4, 0.5) is 0 Å². The molecule has 0 atom stereocenters.